The van der Waals surface area contributed by atoms with E-state index in [0.29, 0.717) is 0 Å². The van der Waals surface area contributed by atoms with Crippen LogP contribution in [-0.2, 0) is 0 Å². The van der Waals surface area contributed by atoms with Crippen molar-refractivity contribution >= 4 is 0 Å². The van der Waals surface area contributed by atoms with Gasteiger partial charge in [0.25, 0.3) is 0 Å². The molecule has 1 saturated heterocycles. The van der Waals surface area contributed by atoms with E-state index in [1.165, 1.54) is 84.0 Å². The van der Waals surface area contributed by atoms with Crippen LogP contribution in [0.3, 0.4) is 0 Å². The Bertz CT molecular complexity index is 211. The predicted octanol–water partition coefficient (Wildman–Crippen LogP) is 3.42. The van der Waals surface area contributed by atoms with E-state index >= 15 is 0 Å². The molecular formula is C16H32N2. The van der Waals surface area contributed by atoms with E-state index in [-0.39, 0.29) is 0 Å². The second-order valence-corrected chi connectivity index (χ2v) is 6.30. The Morgan fingerprint density at radius 2 is 1.78 bits per heavy atom. The molecule has 106 valence electrons. The smallest absolute Gasteiger partial charge is 0.0110 e. The SMILES string of the molecule is CCC1CCCCN1CCNCC1CCCCC1. The van der Waals surface area contributed by atoms with Crippen molar-refractivity contribution in [1.29, 1.82) is 0 Å². The number of nitrogens with one attached hydrogen (secondary N) is 1. The van der Waals surface area contributed by atoms with Gasteiger partial charge >= 0.3 is 0 Å². The van der Waals surface area contributed by atoms with Gasteiger partial charge in [-0.15, -0.1) is 0 Å². The van der Waals surface area contributed by atoms with E-state index in [1.807, 2.05) is 0 Å². The van der Waals surface area contributed by atoms with E-state index in [2.05, 4.69) is 17.1 Å². The second kappa shape index (κ2) is 8.16. The van der Waals surface area contributed by atoms with E-state index in [0.717, 1.165) is 12.0 Å². The lowest BCUT2D eigenvalue weighted by Gasteiger charge is -2.35. The molecule has 2 fully saturated rings. The average Bonchev–Trinajstić information content (AvgIpc) is 2.45. The molecule has 0 aromatic rings. The Hall–Kier alpha value is -0.0800. The standard InChI is InChI=1S/C16H32N2/c1-2-16-10-6-7-12-18(16)13-11-17-14-15-8-4-3-5-9-15/h15-17H,2-14H2,1H3. The van der Waals surface area contributed by atoms with Crippen LogP contribution in [0.4, 0.5) is 0 Å². The van der Waals surface area contributed by atoms with Crippen LogP contribution in [-0.4, -0.2) is 37.1 Å². The predicted molar refractivity (Wildman–Crippen MR) is 78.9 cm³/mol. The highest BCUT2D eigenvalue weighted by atomic mass is 15.2. The van der Waals surface area contributed by atoms with Crippen LogP contribution in [0.25, 0.3) is 0 Å². The second-order valence-electron chi connectivity index (χ2n) is 6.30. The summed E-state index contributed by atoms with van der Waals surface area (Å²) in [5.74, 6) is 0.974. The molecule has 1 unspecified atom stereocenters. The minimum atomic E-state index is 0.871. The summed E-state index contributed by atoms with van der Waals surface area (Å²) in [5, 5.41) is 3.71. The third-order valence-electron chi connectivity index (χ3n) is 4.95. The van der Waals surface area contributed by atoms with Gasteiger partial charge in [-0.25, -0.2) is 0 Å². The molecule has 0 amide bonds. The molecule has 0 aromatic carbocycles. The fraction of sp³-hybridized carbons (Fsp3) is 1.00. The molecule has 1 heterocycles. The minimum absolute atomic E-state index is 0.871. The normalized spacial score (nSPS) is 27.5. The summed E-state index contributed by atoms with van der Waals surface area (Å²) in [6.07, 6.45) is 13.0. The van der Waals surface area contributed by atoms with Gasteiger partial charge in [0.05, 0.1) is 0 Å². The summed E-state index contributed by atoms with van der Waals surface area (Å²) in [4.78, 5) is 2.72. The fourth-order valence-corrected chi connectivity index (χ4v) is 3.74. The molecule has 2 aliphatic rings. The number of rotatable bonds is 6. The van der Waals surface area contributed by atoms with Crippen LogP contribution < -0.4 is 5.32 Å². The highest BCUT2D eigenvalue weighted by Crippen LogP contribution is 2.22. The van der Waals surface area contributed by atoms with Crippen molar-refractivity contribution in [2.75, 3.05) is 26.2 Å². The Morgan fingerprint density at radius 3 is 2.56 bits per heavy atom. The zero-order valence-electron chi connectivity index (χ0n) is 12.3. The van der Waals surface area contributed by atoms with Gasteiger partial charge in [-0.2, -0.15) is 0 Å². The third kappa shape index (κ3) is 4.55. The van der Waals surface area contributed by atoms with Gasteiger partial charge < -0.3 is 5.32 Å². The molecule has 0 spiro atoms. The molecule has 1 N–H and O–H groups in total. The summed E-state index contributed by atoms with van der Waals surface area (Å²) in [6, 6.07) is 0.871. The van der Waals surface area contributed by atoms with E-state index in [4.69, 9.17) is 0 Å². The molecule has 1 aliphatic carbocycles. The molecule has 2 heteroatoms. The van der Waals surface area contributed by atoms with Crippen molar-refractivity contribution in [2.24, 2.45) is 5.92 Å². The van der Waals surface area contributed by atoms with Crippen molar-refractivity contribution in [2.45, 2.75) is 70.8 Å². The van der Waals surface area contributed by atoms with Gasteiger partial charge in [0.2, 0.25) is 0 Å². The lowest BCUT2D eigenvalue weighted by atomic mass is 9.89. The third-order valence-corrected chi connectivity index (χ3v) is 4.95. The molecule has 0 bridgehead atoms. The van der Waals surface area contributed by atoms with Crippen LogP contribution in [0.1, 0.15) is 64.7 Å². The van der Waals surface area contributed by atoms with Gasteiger partial charge in [-0.1, -0.05) is 32.6 Å². The lowest BCUT2D eigenvalue weighted by Crippen LogP contribution is -2.43. The Kier molecular flexibility index (Phi) is 6.50. The molecule has 2 rings (SSSR count). The Labute approximate surface area is 114 Å². The van der Waals surface area contributed by atoms with Crippen LogP contribution >= 0.6 is 0 Å². The minimum Gasteiger partial charge on any atom is -0.315 e. The highest BCUT2D eigenvalue weighted by Gasteiger charge is 2.20. The molecule has 0 radical (unpaired) electrons. The van der Waals surface area contributed by atoms with E-state index in [9.17, 15) is 0 Å². The fourth-order valence-electron chi connectivity index (χ4n) is 3.74. The molecule has 0 aromatic heterocycles. The number of nitrogens with zero attached hydrogens (tertiary/aromatic N) is 1. The van der Waals surface area contributed by atoms with Crippen molar-refractivity contribution < 1.29 is 0 Å². The maximum Gasteiger partial charge on any atom is 0.0110 e. The van der Waals surface area contributed by atoms with Crippen LogP contribution in [0.2, 0.25) is 0 Å². The quantitative estimate of drug-likeness (QED) is 0.729. The van der Waals surface area contributed by atoms with E-state index < -0.39 is 0 Å². The topological polar surface area (TPSA) is 15.3 Å². The van der Waals surface area contributed by atoms with Gasteiger partial charge in [-0.05, 0) is 51.1 Å². The summed E-state index contributed by atoms with van der Waals surface area (Å²) >= 11 is 0. The maximum atomic E-state index is 3.71. The van der Waals surface area contributed by atoms with Crippen LogP contribution in [0.15, 0.2) is 0 Å². The first kappa shape index (κ1) is 14.3. The monoisotopic (exact) mass is 252 g/mol. The number of likely N-dealkylation sites (tertiary alicyclic amines) is 1. The lowest BCUT2D eigenvalue weighted by molar-refractivity contribution is 0.144. The molecule has 1 aliphatic heterocycles. The first-order chi connectivity index (χ1) is 8.90. The zero-order chi connectivity index (χ0) is 12.6. The molecule has 2 nitrogen and oxygen atoms in total. The highest BCUT2D eigenvalue weighted by molar-refractivity contribution is 4.76. The van der Waals surface area contributed by atoms with Crippen molar-refractivity contribution in [3.63, 3.8) is 0 Å². The molecule has 18 heavy (non-hydrogen) atoms. The first-order valence-electron chi connectivity index (χ1n) is 8.35. The number of hydrogen-bond acceptors (Lipinski definition) is 2. The van der Waals surface area contributed by atoms with Crippen LogP contribution in [0.5, 0.6) is 0 Å². The van der Waals surface area contributed by atoms with Gasteiger partial charge in [0.15, 0.2) is 0 Å². The Balaban J connectivity index is 1.56. The van der Waals surface area contributed by atoms with Gasteiger partial charge in [0, 0.05) is 19.1 Å². The summed E-state index contributed by atoms with van der Waals surface area (Å²) in [6.45, 7) is 7.42. The van der Waals surface area contributed by atoms with Crippen LogP contribution in [0, 0.1) is 5.92 Å². The zero-order valence-corrected chi connectivity index (χ0v) is 12.3. The molecule has 1 saturated carbocycles. The van der Waals surface area contributed by atoms with E-state index in [1.54, 1.807) is 0 Å². The Morgan fingerprint density at radius 1 is 1.00 bits per heavy atom. The summed E-state index contributed by atoms with van der Waals surface area (Å²) < 4.78 is 0. The number of piperidine rings is 1. The summed E-state index contributed by atoms with van der Waals surface area (Å²) in [7, 11) is 0. The maximum absolute atomic E-state index is 3.71. The summed E-state index contributed by atoms with van der Waals surface area (Å²) in [5.41, 5.74) is 0. The first-order valence-corrected chi connectivity index (χ1v) is 8.35. The largest absolute Gasteiger partial charge is 0.315 e. The van der Waals surface area contributed by atoms with Gasteiger partial charge in [-0.3, -0.25) is 4.90 Å². The molecule has 1 atom stereocenters. The molecular weight excluding hydrogens is 220 g/mol. The van der Waals surface area contributed by atoms with Gasteiger partial charge in [0.1, 0.15) is 0 Å². The average molecular weight is 252 g/mol. The van der Waals surface area contributed by atoms with Crippen molar-refractivity contribution in [3.05, 3.63) is 0 Å². The van der Waals surface area contributed by atoms with Crippen molar-refractivity contribution in [3.8, 4) is 0 Å². The van der Waals surface area contributed by atoms with Crippen molar-refractivity contribution in [1.82, 2.24) is 10.2 Å². The number of hydrogen-bond donors (Lipinski definition) is 1.